The first-order valence-corrected chi connectivity index (χ1v) is 8.97. The van der Waals surface area contributed by atoms with Crippen LogP contribution in [-0.2, 0) is 16.3 Å². The van der Waals surface area contributed by atoms with Gasteiger partial charge in [-0.25, -0.2) is 12.8 Å². The Kier molecular flexibility index (Phi) is 4.51. The Morgan fingerprint density at radius 1 is 1.12 bits per heavy atom. The van der Waals surface area contributed by atoms with Gasteiger partial charge in [-0.15, -0.1) is 0 Å². The van der Waals surface area contributed by atoms with Gasteiger partial charge in [0.15, 0.2) is 5.78 Å². The second kappa shape index (κ2) is 6.34. The molecule has 2 aromatic rings. The number of carbonyl (C=O) groups excluding carboxylic acids is 1. The molecule has 0 aromatic heterocycles. The molecule has 0 saturated heterocycles. The van der Waals surface area contributed by atoms with Gasteiger partial charge in [-0.05, 0) is 36.2 Å². The van der Waals surface area contributed by atoms with E-state index in [0.29, 0.717) is 0 Å². The van der Waals surface area contributed by atoms with Crippen molar-refractivity contribution in [2.24, 2.45) is 0 Å². The fourth-order valence-electron chi connectivity index (χ4n) is 2.69. The SMILES string of the molecule is O=C1CCc2c(S(=O)(=O)C(F)F)ccc(Oc3cc(F)cc(Cl)c3)c21. The molecule has 0 radical (unpaired) electrons. The first-order chi connectivity index (χ1) is 11.7. The van der Waals surface area contributed by atoms with Gasteiger partial charge in [0.1, 0.15) is 17.3 Å². The highest BCUT2D eigenvalue weighted by atomic mass is 35.5. The first-order valence-electron chi connectivity index (χ1n) is 7.05. The van der Waals surface area contributed by atoms with E-state index < -0.39 is 32.1 Å². The van der Waals surface area contributed by atoms with Crippen LogP contribution in [0.25, 0.3) is 0 Å². The van der Waals surface area contributed by atoms with Crippen LogP contribution in [0.5, 0.6) is 11.5 Å². The third-order valence-electron chi connectivity index (χ3n) is 3.72. The zero-order chi connectivity index (χ0) is 18.4. The number of alkyl halides is 2. The molecule has 1 aliphatic rings. The van der Waals surface area contributed by atoms with E-state index >= 15 is 0 Å². The van der Waals surface area contributed by atoms with Gasteiger partial charge in [0.05, 0.1) is 10.5 Å². The number of hydrogen-bond acceptors (Lipinski definition) is 4. The van der Waals surface area contributed by atoms with Crippen LogP contribution in [0.2, 0.25) is 5.02 Å². The monoisotopic (exact) mass is 390 g/mol. The number of sulfone groups is 1. The summed E-state index contributed by atoms with van der Waals surface area (Å²) < 4.78 is 68.1. The minimum absolute atomic E-state index is 0.00336. The maximum absolute atomic E-state index is 13.4. The third-order valence-corrected chi connectivity index (χ3v) is 5.40. The summed E-state index contributed by atoms with van der Waals surface area (Å²) in [6, 6.07) is 5.47. The lowest BCUT2D eigenvalue weighted by Crippen LogP contribution is -2.14. The molecule has 3 rings (SSSR count). The Morgan fingerprint density at radius 2 is 1.84 bits per heavy atom. The number of ether oxygens (including phenoxy) is 1. The average molecular weight is 391 g/mol. The predicted molar refractivity (Wildman–Crippen MR) is 83.8 cm³/mol. The molecule has 0 heterocycles. The first kappa shape index (κ1) is 17.8. The highest BCUT2D eigenvalue weighted by Crippen LogP contribution is 2.39. The summed E-state index contributed by atoms with van der Waals surface area (Å²) in [5.74, 6) is -4.73. The molecule has 9 heteroatoms. The minimum atomic E-state index is -4.85. The maximum Gasteiger partial charge on any atom is 0.341 e. The Labute approximate surface area is 146 Å². The van der Waals surface area contributed by atoms with Crippen LogP contribution < -0.4 is 4.74 Å². The molecule has 0 aliphatic heterocycles. The normalized spacial score (nSPS) is 14.0. The summed E-state index contributed by atoms with van der Waals surface area (Å²) in [5, 5.41) is 0.0647. The molecule has 2 aromatic carbocycles. The average Bonchev–Trinajstić information content (AvgIpc) is 2.88. The molecular formula is C16H10ClF3O4S. The molecule has 0 N–H and O–H groups in total. The van der Waals surface area contributed by atoms with Crippen LogP contribution in [0.3, 0.4) is 0 Å². The van der Waals surface area contributed by atoms with Crippen LogP contribution in [0.1, 0.15) is 22.3 Å². The molecule has 0 bridgehead atoms. The van der Waals surface area contributed by atoms with Crippen molar-refractivity contribution in [1.29, 1.82) is 0 Å². The van der Waals surface area contributed by atoms with Gasteiger partial charge in [-0.1, -0.05) is 11.6 Å². The summed E-state index contributed by atoms with van der Waals surface area (Å²) in [7, 11) is -4.85. The zero-order valence-corrected chi connectivity index (χ0v) is 14.0. The number of fused-ring (bicyclic) bond motifs is 1. The maximum atomic E-state index is 13.4. The summed E-state index contributed by atoms with van der Waals surface area (Å²) in [5.41, 5.74) is -0.0904. The van der Waals surface area contributed by atoms with Gasteiger partial charge >= 0.3 is 5.76 Å². The quantitative estimate of drug-likeness (QED) is 0.776. The van der Waals surface area contributed by atoms with E-state index in [1.54, 1.807) is 0 Å². The van der Waals surface area contributed by atoms with E-state index in [9.17, 15) is 26.4 Å². The van der Waals surface area contributed by atoms with Gasteiger partial charge in [-0.3, -0.25) is 4.79 Å². The van der Waals surface area contributed by atoms with Crippen molar-refractivity contribution in [3.8, 4) is 11.5 Å². The van der Waals surface area contributed by atoms with Gasteiger partial charge in [0, 0.05) is 17.5 Å². The third kappa shape index (κ3) is 3.23. The van der Waals surface area contributed by atoms with Gasteiger partial charge < -0.3 is 4.74 Å². The fourth-order valence-corrected chi connectivity index (χ4v) is 3.90. The van der Waals surface area contributed by atoms with E-state index in [4.69, 9.17) is 16.3 Å². The van der Waals surface area contributed by atoms with Crippen molar-refractivity contribution >= 4 is 27.2 Å². The molecule has 132 valence electrons. The highest BCUT2D eigenvalue weighted by Gasteiger charge is 2.35. The lowest BCUT2D eigenvalue weighted by molar-refractivity contribution is 0.0992. The molecule has 0 spiro atoms. The van der Waals surface area contributed by atoms with E-state index in [2.05, 4.69) is 0 Å². The van der Waals surface area contributed by atoms with Gasteiger partial charge in [0.2, 0.25) is 9.84 Å². The number of carbonyl (C=O) groups is 1. The second-order valence-corrected chi connectivity index (χ2v) is 7.67. The minimum Gasteiger partial charge on any atom is -0.456 e. The number of hydrogen-bond donors (Lipinski definition) is 0. The van der Waals surface area contributed by atoms with Crippen LogP contribution in [0.15, 0.2) is 35.2 Å². The van der Waals surface area contributed by atoms with Crippen LogP contribution in [0.4, 0.5) is 13.2 Å². The van der Waals surface area contributed by atoms with Crippen LogP contribution >= 0.6 is 11.6 Å². The number of Topliss-reactive ketones (excluding diaryl/α,β-unsaturated/α-hetero) is 1. The molecular weight excluding hydrogens is 381 g/mol. The topological polar surface area (TPSA) is 60.4 Å². The molecule has 1 aliphatic carbocycles. The van der Waals surface area contributed by atoms with Gasteiger partial charge in [0.25, 0.3) is 0 Å². The van der Waals surface area contributed by atoms with Crippen molar-refractivity contribution < 1.29 is 31.1 Å². The number of halogens is 4. The lowest BCUT2D eigenvalue weighted by atomic mass is 10.1. The standard InChI is InChI=1S/C16H10ClF3O4S/c17-8-5-9(18)7-10(6-8)24-13-3-4-14(25(22,23)16(19)20)11-1-2-12(21)15(11)13/h3-7,16H,1-2H2. The summed E-state index contributed by atoms with van der Waals surface area (Å²) in [6.45, 7) is 0. The van der Waals surface area contributed by atoms with Crippen molar-refractivity contribution in [3.05, 3.63) is 52.3 Å². The molecule has 0 amide bonds. The number of rotatable bonds is 4. The van der Waals surface area contributed by atoms with Crippen LogP contribution in [-0.4, -0.2) is 20.0 Å². The van der Waals surface area contributed by atoms with E-state index in [0.717, 1.165) is 24.3 Å². The number of ketones is 1. The largest absolute Gasteiger partial charge is 0.456 e. The summed E-state index contributed by atoms with van der Waals surface area (Å²) in [4.78, 5) is 11.5. The molecule has 0 fully saturated rings. The highest BCUT2D eigenvalue weighted by molar-refractivity contribution is 7.91. The Hall–Kier alpha value is -2.06. The smallest absolute Gasteiger partial charge is 0.341 e. The van der Waals surface area contributed by atoms with Gasteiger partial charge in [-0.2, -0.15) is 8.78 Å². The molecule has 25 heavy (non-hydrogen) atoms. The Balaban J connectivity index is 2.11. The second-order valence-electron chi connectivity index (χ2n) is 5.35. The van der Waals surface area contributed by atoms with E-state index in [1.165, 1.54) is 6.07 Å². The van der Waals surface area contributed by atoms with Crippen molar-refractivity contribution in [2.75, 3.05) is 0 Å². The summed E-state index contributed by atoms with van der Waals surface area (Å²) >= 11 is 5.73. The molecule has 0 atom stereocenters. The Morgan fingerprint density at radius 3 is 2.48 bits per heavy atom. The zero-order valence-electron chi connectivity index (χ0n) is 12.4. The summed E-state index contributed by atoms with van der Waals surface area (Å²) in [6.07, 6.45) is -0.0120. The van der Waals surface area contributed by atoms with E-state index in [1.807, 2.05) is 0 Å². The molecule has 0 saturated carbocycles. The van der Waals surface area contributed by atoms with Crippen molar-refractivity contribution in [2.45, 2.75) is 23.5 Å². The van der Waals surface area contributed by atoms with Crippen molar-refractivity contribution in [1.82, 2.24) is 0 Å². The van der Waals surface area contributed by atoms with E-state index in [-0.39, 0.29) is 40.5 Å². The Bertz CT molecular complexity index is 953. The number of benzene rings is 2. The molecule has 0 unspecified atom stereocenters. The van der Waals surface area contributed by atoms with Crippen LogP contribution in [0, 0.1) is 5.82 Å². The van der Waals surface area contributed by atoms with Crippen molar-refractivity contribution in [3.63, 3.8) is 0 Å². The lowest BCUT2D eigenvalue weighted by Gasteiger charge is -2.13. The fraction of sp³-hybridized carbons (Fsp3) is 0.188. The molecule has 4 nitrogen and oxygen atoms in total. The predicted octanol–water partition coefficient (Wildman–Crippen LogP) is 4.40.